The van der Waals surface area contributed by atoms with Crippen LogP contribution in [0.2, 0.25) is 0 Å². The minimum absolute atomic E-state index is 0.271. The summed E-state index contributed by atoms with van der Waals surface area (Å²) in [4.78, 5) is 8.13. The average molecular weight is 250 g/mol. The van der Waals surface area contributed by atoms with Crippen LogP contribution in [0, 0.1) is 25.5 Å². The molecule has 0 aliphatic carbocycles. The van der Waals surface area contributed by atoms with Crippen molar-refractivity contribution < 1.29 is 8.78 Å². The number of hydrogen-bond donors (Lipinski definition) is 2. The van der Waals surface area contributed by atoms with Gasteiger partial charge in [0.2, 0.25) is 0 Å². The molecule has 2 aromatic rings. The molecule has 0 bridgehead atoms. The SMILES string of the molecule is Cc1nc(N)c(C)c(Nc2cc(F)cc(F)c2)n1. The maximum absolute atomic E-state index is 13.1. The molecule has 0 fully saturated rings. The van der Waals surface area contributed by atoms with Gasteiger partial charge in [-0.1, -0.05) is 0 Å². The van der Waals surface area contributed by atoms with E-state index >= 15 is 0 Å². The molecule has 0 saturated carbocycles. The van der Waals surface area contributed by atoms with Crippen molar-refractivity contribution in [3.63, 3.8) is 0 Å². The largest absolute Gasteiger partial charge is 0.383 e. The number of rotatable bonds is 2. The second-order valence-electron chi connectivity index (χ2n) is 3.91. The summed E-state index contributed by atoms with van der Waals surface area (Å²) in [5.74, 6) is -0.0628. The Labute approximate surface area is 103 Å². The van der Waals surface area contributed by atoms with Crippen LogP contribution in [0.4, 0.5) is 26.1 Å². The van der Waals surface area contributed by atoms with Crippen molar-refractivity contribution in [2.45, 2.75) is 13.8 Å². The zero-order valence-corrected chi connectivity index (χ0v) is 9.96. The number of nitrogens with two attached hydrogens (primary N) is 1. The lowest BCUT2D eigenvalue weighted by Gasteiger charge is -2.11. The lowest BCUT2D eigenvalue weighted by Crippen LogP contribution is -2.05. The summed E-state index contributed by atoms with van der Waals surface area (Å²) in [5.41, 5.74) is 6.60. The van der Waals surface area contributed by atoms with E-state index in [4.69, 9.17) is 5.73 Å². The number of aryl methyl sites for hydroxylation is 1. The molecule has 0 unspecified atom stereocenters. The Morgan fingerprint density at radius 1 is 1.06 bits per heavy atom. The van der Waals surface area contributed by atoms with Crippen LogP contribution >= 0.6 is 0 Å². The van der Waals surface area contributed by atoms with Gasteiger partial charge in [0.1, 0.15) is 29.1 Å². The van der Waals surface area contributed by atoms with Crippen LogP contribution in [-0.4, -0.2) is 9.97 Å². The summed E-state index contributed by atoms with van der Waals surface area (Å²) >= 11 is 0. The summed E-state index contributed by atoms with van der Waals surface area (Å²) in [6.07, 6.45) is 0. The monoisotopic (exact) mass is 250 g/mol. The first-order chi connectivity index (χ1) is 8.45. The van der Waals surface area contributed by atoms with Gasteiger partial charge in [-0.25, -0.2) is 18.7 Å². The maximum atomic E-state index is 13.1. The van der Waals surface area contributed by atoms with Crippen LogP contribution in [0.1, 0.15) is 11.4 Å². The standard InChI is InChI=1S/C12H12F2N4/c1-6-11(15)16-7(2)17-12(6)18-10-4-8(13)3-9(14)5-10/h3-5H,1-2H3,(H3,15,16,17,18). The maximum Gasteiger partial charge on any atom is 0.139 e. The Bertz CT molecular complexity index is 579. The van der Waals surface area contributed by atoms with Crippen LogP contribution < -0.4 is 11.1 Å². The molecule has 0 aliphatic rings. The van der Waals surface area contributed by atoms with E-state index in [9.17, 15) is 8.78 Å². The summed E-state index contributed by atoms with van der Waals surface area (Å²) in [7, 11) is 0. The topological polar surface area (TPSA) is 63.8 Å². The molecule has 0 radical (unpaired) electrons. The van der Waals surface area contributed by atoms with Crippen molar-refractivity contribution in [2.24, 2.45) is 0 Å². The molecule has 1 heterocycles. The highest BCUT2D eigenvalue weighted by Crippen LogP contribution is 2.22. The first-order valence-electron chi connectivity index (χ1n) is 5.29. The van der Waals surface area contributed by atoms with E-state index in [1.165, 1.54) is 12.1 Å². The van der Waals surface area contributed by atoms with Crippen LogP contribution in [0.5, 0.6) is 0 Å². The minimum Gasteiger partial charge on any atom is -0.383 e. The number of nitrogen functional groups attached to an aromatic ring is 1. The third-order valence-corrected chi connectivity index (χ3v) is 2.42. The van der Waals surface area contributed by atoms with E-state index in [0.717, 1.165) is 6.07 Å². The molecular formula is C12H12F2N4. The molecule has 1 aromatic heterocycles. The quantitative estimate of drug-likeness (QED) is 0.860. The van der Waals surface area contributed by atoms with Crippen molar-refractivity contribution in [3.05, 3.63) is 41.2 Å². The van der Waals surface area contributed by atoms with Gasteiger partial charge in [-0.2, -0.15) is 0 Å². The predicted molar refractivity (Wildman–Crippen MR) is 65.6 cm³/mol. The van der Waals surface area contributed by atoms with Gasteiger partial charge in [-0.15, -0.1) is 0 Å². The van der Waals surface area contributed by atoms with Crippen molar-refractivity contribution in [2.75, 3.05) is 11.1 Å². The van der Waals surface area contributed by atoms with Crippen LogP contribution in [0.25, 0.3) is 0 Å². The lowest BCUT2D eigenvalue weighted by molar-refractivity contribution is 0.584. The third kappa shape index (κ3) is 2.53. The molecule has 3 N–H and O–H groups in total. The molecular weight excluding hydrogens is 238 g/mol. The summed E-state index contributed by atoms with van der Waals surface area (Å²) in [6, 6.07) is 3.16. The molecule has 0 aliphatic heterocycles. The fourth-order valence-corrected chi connectivity index (χ4v) is 1.53. The number of aromatic nitrogens is 2. The van der Waals surface area contributed by atoms with E-state index in [2.05, 4.69) is 15.3 Å². The second kappa shape index (κ2) is 4.56. The summed E-state index contributed by atoms with van der Waals surface area (Å²) in [5, 5.41) is 2.82. The van der Waals surface area contributed by atoms with Crippen molar-refractivity contribution in [1.29, 1.82) is 0 Å². The number of hydrogen-bond acceptors (Lipinski definition) is 4. The lowest BCUT2D eigenvalue weighted by atomic mass is 10.2. The van der Waals surface area contributed by atoms with Crippen LogP contribution in [0.15, 0.2) is 18.2 Å². The molecule has 6 heteroatoms. The van der Waals surface area contributed by atoms with Gasteiger partial charge in [-0.05, 0) is 26.0 Å². The van der Waals surface area contributed by atoms with Gasteiger partial charge in [0, 0.05) is 17.3 Å². The first kappa shape index (κ1) is 12.2. The van der Waals surface area contributed by atoms with E-state index < -0.39 is 11.6 Å². The molecule has 0 saturated heterocycles. The second-order valence-corrected chi connectivity index (χ2v) is 3.91. The molecule has 0 spiro atoms. The Kier molecular flexibility index (Phi) is 3.10. The summed E-state index contributed by atoms with van der Waals surface area (Å²) in [6.45, 7) is 3.42. The average Bonchev–Trinajstić information content (AvgIpc) is 2.23. The van der Waals surface area contributed by atoms with Crippen LogP contribution in [-0.2, 0) is 0 Å². The van der Waals surface area contributed by atoms with Gasteiger partial charge in [0.25, 0.3) is 0 Å². The highest BCUT2D eigenvalue weighted by Gasteiger charge is 2.08. The number of nitrogens with one attached hydrogen (secondary N) is 1. The van der Waals surface area contributed by atoms with E-state index in [1.54, 1.807) is 13.8 Å². The number of nitrogens with zero attached hydrogens (tertiary/aromatic N) is 2. The number of anilines is 3. The Morgan fingerprint density at radius 3 is 2.28 bits per heavy atom. The van der Waals surface area contributed by atoms with Gasteiger partial charge in [0.05, 0.1) is 0 Å². The minimum atomic E-state index is -0.658. The Hall–Kier alpha value is -2.24. The molecule has 18 heavy (non-hydrogen) atoms. The third-order valence-electron chi connectivity index (χ3n) is 2.42. The van der Waals surface area contributed by atoms with Gasteiger partial charge < -0.3 is 11.1 Å². The first-order valence-corrected chi connectivity index (χ1v) is 5.29. The Balaban J connectivity index is 2.39. The molecule has 2 rings (SSSR count). The van der Waals surface area contributed by atoms with Crippen molar-refractivity contribution >= 4 is 17.3 Å². The van der Waals surface area contributed by atoms with E-state index in [-0.39, 0.29) is 5.69 Å². The smallest absolute Gasteiger partial charge is 0.139 e. The van der Waals surface area contributed by atoms with Gasteiger partial charge >= 0.3 is 0 Å². The highest BCUT2D eigenvalue weighted by atomic mass is 19.1. The zero-order chi connectivity index (χ0) is 13.3. The zero-order valence-electron chi connectivity index (χ0n) is 9.96. The fourth-order valence-electron chi connectivity index (χ4n) is 1.53. The molecule has 0 atom stereocenters. The fraction of sp³-hybridized carbons (Fsp3) is 0.167. The molecule has 0 amide bonds. The van der Waals surface area contributed by atoms with Gasteiger partial charge in [0.15, 0.2) is 0 Å². The van der Waals surface area contributed by atoms with Crippen molar-refractivity contribution in [3.8, 4) is 0 Å². The van der Waals surface area contributed by atoms with Gasteiger partial charge in [-0.3, -0.25) is 0 Å². The summed E-state index contributed by atoms with van der Waals surface area (Å²) < 4.78 is 26.1. The Morgan fingerprint density at radius 2 is 1.67 bits per heavy atom. The molecule has 4 nitrogen and oxygen atoms in total. The number of benzene rings is 1. The molecule has 1 aromatic carbocycles. The normalized spacial score (nSPS) is 10.4. The van der Waals surface area contributed by atoms with Crippen LogP contribution in [0.3, 0.4) is 0 Å². The number of halogens is 2. The predicted octanol–water partition coefficient (Wildman–Crippen LogP) is 2.70. The van der Waals surface area contributed by atoms with Crippen molar-refractivity contribution in [1.82, 2.24) is 9.97 Å². The molecule has 94 valence electrons. The van der Waals surface area contributed by atoms with E-state index in [1.807, 2.05) is 0 Å². The van der Waals surface area contributed by atoms with E-state index in [0.29, 0.717) is 23.0 Å². The highest BCUT2D eigenvalue weighted by molar-refractivity contribution is 5.63.